The van der Waals surface area contributed by atoms with Gasteiger partial charge in [-0.25, -0.2) is 0 Å². The minimum atomic E-state index is 0.00310. The van der Waals surface area contributed by atoms with Crippen LogP contribution in [0.5, 0.6) is 0 Å². The van der Waals surface area contributed by atoms with Crippen molar-refractivity contribution < 1.29 is 4.79 Å². The van der Waals surface area contributed by atoms with Gasteiger partial charge in [-0.05, 0) is 18.1 Å². The van der Waals surface area contributed by atoms with Crippen LogP contribution in [0.3, 0.4) is 0 Å². The van der Waals surface area contributed by atoms with E-state index in [4.69, 9.17) is 0 Å². The van der Waals surface area contributed by atoms with Crippen LogP contribution in [0.25, 0.3) is 0 Å². The number of para-hydroxylation sites is 1. The molecule has 1 aliphatic heterocycles. The van der Waals surface area contributed by atoms with Crippen LogP contribution in [0.2, 0.25) is 0 Å². The van der Waals surface area contributed by atoms with Gasteiger partial charge in [0, 0.05) is 19.6 Å². The summed E-state index contributed by atoms with van der Waals surface area (Å²) in [6.45, 7) is 6.74. The lowest BCUT2D eigenvalue weighted by molar-refractivity contribution is 0.0948. The molecule has 1 unspecified atom stereocenters. The molecule has 1 heterocycles. The molecule has 1 aromatic rings. The number of nitrogens with one attached hydrogen (secondary N) is 3. The lowest BCUT2D eigenvalue weighted by Gasteiger charge is -2.22. The van der Waals surface area contributed by atoms with Crippen molar-refractivity contribution in [3.05, 3.63) is 23.8 Å². The minimum Gasteiger partial charge on any atom is -0.382 e. The monoisotopic (exact) mass is 247 g/mol. The lowest BCUT2D eigenvalue weighted by atomic mass is 10.1. The van der Waals surface area contributed by atoms with E-state index in [0.717, 1.165) is 43.0 Å². The van der Waals surface area contributed by atoms with E-state index in [2.05, 4.69) is 29.8 Å². The Morgan fingerprint density at radius 1 is 1.39 bits per heavy atom. The Balaban J connectivity index is 2.10. The molecule has 0 aromatic heterocycles. The molecule has 3 N–H and O–H groups in total. The van der Waals surface area contributed by atoms with E-state index in [-0.39, 0.29) is 5.91 Å². The van der Waals surface area contributed by atoms with Crippen LogP contribution >= 0.6 is 0 Å². The van der Waals surface area contributed by atoms with Gasteiger partial charge in [-0.2, -0.15) is 0 Å². The number of hydrogen-bond acceptors (Lipinski definition) is 3. The Bertz CT molecular complexity index is 431. The Morgan fingerprint density at radius 2 is 2.17 bits per heavy atom. The molecule has 1 amide bonds. The van der Waals surface area contributed by atoms with Gasteiger partial charge in [0.05, 0.1) is 16.9 Å². The SMILES string of the molecule is CCC(C)CNC(=O)c1cccc2c1NCCN2. The highest BCUT2D eigenvalue weighted by Gasteiger charge is 2.17. The second kappa shape index (κ2) is 5.76. The maximum atomic E-state index is 12.2. The minimum absolute atomic E-state index is 0.00310. The van der Waals surface area contributed by atoms with Crippen LogP contribution in [0, 0.1) is 5.92 Å². The van der Waals surface area contributed by atoms with Crippen molar-refractivity contribution in [1.29, 1.82) is 0 Å². The van der Waals surface area contributed by atoms with Gasteiger partial charge in [-0.15, -0.1) is 0 Å². The predicted octanol–water partition coefficient (Wildman–Crippen LogP) is 2.30. The number of fused-ring (bicyclic) bond motifs is 1. The summed E-state index contributed by atoms with van der Waals surface area (Å²) in [5, 5.41) is 9.57. The van der Waals surface area contributed by atoms with Gasteiger partial charge in [0.15, 0.2) is 0 Å². The summed E-state index contributed by atoms with van der Waals surface area (Å²) in [6.07, 6.45) is 1.08. The van der Waals surface area contributed by atoms with Crippen molar-refractivity contribution in [1.82, 2.24) is 5.32 Å². The van der Waals surface area contributed by atoms with Gasteiger partial charge in [-0.1, -0.05) is 26.3 Å². The molecule has 0 spiro atoms. The highest BCUT2D eigenvalue weighted by Crippen LogP contribution is 2.28. The smallest absolute Gasteiger partial charge is 0.253 e. The molecular weight excluding hydrogens is 226 g/mol. The van der Waals surface area contributed by atoms with Crippen LogP contribution in [0.4, 0.5) is 11.4 Å². The average molecular weight is 247 g/mol. The second-order valence-electron chi connectivity index (χ2n) is 4.81. The van der Waals surface area contributed by atoms with Crippen molar-refractivity contribution in [2.45, 2.75) is 20.3 Å². The summed E-state index contributed by atoms with van der Waals surface area (Å²) in [7, 11) is 0. The number of carbonyl (C=O) groups excluding carboxylic acids is 1. The van der Waals surface area contributed by atoms with Crippen LogP contribution in [0.15, 0.2) is 18.2 Å². The molecule has 0 saturated carbocycles. The summed E-state index contributed by atoms with van der Waals surface area (Å²) >= 11 is 0. The number of carbonyl (C=O) groups is 1. The summed E-state index contributed by atoms with van der Waals surface area (Å²) < 4.78 is 0. The van der Waals surface area contributed by atoms with Crippen LogP contribution in [0.1, 0.15) is 30.6 Å². The molecule has 4 heteroatoms. The van der Waals surface area contributed by atoms with E-state index in [0.29, 0.717) is 5.92 Å². The van der Waals surface area contributed by atoms with Crippen molar-refractivity contribution >= 4 is 17.3 Å². The normalized spacial score (nSPS) is 15.0. The Kier molecular flexibility index (Phi) is 4.07. The first-order chi connectivity index (χ1) is 8.72. The van der Waals surface area contributed by atoms with Crippen molar-refractivity contribution in [2.75, 3.05) is 30.3 Å². The summed E-state index contributed by atoms with van der Waals surface area (Å²) in [5.41, 5.74) is 2.66. The predicted molar refractivity (Wildman–Crippen MR) is 75.2 cm³/mol. The molecule has 0 aliphatic carbocycles. The first-order valence-electron chi connectivity index (χ1n) is 6.61. The molecular formula is C14H21N3O. The van der Waals surface area contributed by atoms with Crippen molar-refractivity contribution in [3.63, 3.8) is 0 Å². The topological polar surface area (TPSA) is 53.2 Å². The van der Waals surface area contributed by atoms with E-state index in [1.807, 2.05) is 18.2 Å². The average Bonchev–Trinajstić information content (AvgIpc) is 2.43. The molecule has 2 rings (SSSR count). The Morgan fingerprint density at radius 3 is 2.94 bits per heavy atom. The van der Waals surface area contributed by atoms with E-state index in [1.165, 1.54) is 0 Å². The molecule has 1 aliphatic rings. The maximum absolute atomic E-state index is 12.2. The van der Waals surface area contributed by atoms with Gasteiger partial charge < -0.3 is 16.0 Å². The van der Waals surface area contributed by atoms with E-state index < -0.39 is 0 Å². The molecule has 1 atom stereocenters. The molecule has 0 bridgehead atoms. The Hall–Kier alpha value is -1.71. The van der Waals surface area contributed by atoms with Crippen LogP contribution in [-0.2, 0) is 0 Å². The number of hydrogen-bond donors (Lipinski definition) is 3. The fourth-order valence-corrected chi connectivity index (χ4v) is 1.97. The fraction of sp³-hybridized carbons (Fsp3) is 0.500. The van der Waals surface area contributed by atoms with Crippen molar-refractivity contribution in [3.8, 4) is 0 Å². The fourth-order valence-electron chi connectivity index (χ4n) is 1.97. The number of anilines is 2. The van der Waals surface area contributed by atoms with Gasteiger partial charge in [0.1, 0.15) is 0 Å². The number of benzene rings is 1. The summed E-state index contributed by atoms with van der Waals surface area (Å²) in [6, 6.07) is 5.77. The standard InChI is InChI=1S/C14H21N3O/c1-3-10(2)9-17-14(18)11-5-4-6-12-13(11)16-8-7-15-12/h4-6,10,15-16H,3,7-9H2,1-2H3,(H,17,18). The van der Waals surface area contributed by atoms with Gasteiger partial charge in [0.2, 0.25) is 0 Å². The molecule has 18 heavy (non-hydrogen) atoms. The summed E-state index contributed by atoms with van der Waals surface area (Å²) in [4.78, 5) is 12.2. The van der Waals surface area contributed by atoms with E-state index in [9.17, 15) is 4.79 Å². The third-order valence-corrected chi connectivity index (χ3v) is 3.36. The van der Waals surface area contributed by atoms with Gasteiger partial charge >= 0.3 is 0 Å². The zero-order chi connectivity index (χ0) is 13.0. The highest BCUT2D eigenvalue weighted by molar-refractivity contribution is 6.02. The van der Waals surface area contributed by atoms with Crippen LogP contribution in [-0.4, -0.2) is 25.5 Å². The molecule has 98 valence electrons. The van der Waals surface area contributed by atoms with Gasteiger partial charge in [-0.3, -0.25) is 4.79 Å². The number of amides is 1. The Labute approximate surface area is 108 Å². The molecule has 0 saturated heterocycles. The lowest BCUT2D eigenvalue weighted by Crippen LogP contribution is -2.30. The largest absolute Gasteiger partial charge is 0.382 e. The van der Waals surface area contributed by atoms with Gasteiger partial charge in [0.25, 0.3) is 5.91 Å². The zero-order valence-corrected chi connectivity index (χ0v) is 11.0. The highest BCUT2D eigenvalue weighted by atomic mass is 16.1. The summed E-state index contributed by atoms with van der Waals surface area (Å²) in [5.74, 6) is 0.517. The molecule has 0 radical (unpaired) electrons. The van der Waals surface area contributed by atoms with Crippen molar-refractivity contribution in [2.24, 2.45) is 5.92 Å². The first-order valence-corrected chi connectivity index (χ1v) is 6.61. The quantitative estimate of drug-likeness (QED) is 0.765. The third-order valence-electron chi connectivity index (χ3n) is 3.36. The molecule has 4 nitrogen and oxygen atoms in total. The zero-order valence-electron chi connectivity index (χ0n) is 11.0. The second-order valence-corrected chi connectivity index (χ2v) is 4.81. The maximum Gasteiger partial charge on any atom is 0.253 e. The molecule has 0 fully saturated rings. The molecule has 1 aromatic carbocycles. The number of rotatable bonds is 4. The van der Waals surface area contributed by atoms with E-state index in [1.54, 1.807) is 0 Å². The first kappa shape index (κ1) is 12.7. The van der Waals surface area contributed by atoms with E-state index >= 15 is 0 Å². The third kappa shape index (κ3) is 2.75. The van der Waals surface area contributed by atoms with Crippen LogP contribution < -0.4 is 16.0 Å².